The Kier molecular flexibility index (Phi) is 3.86. The molecule has 0 radical (unpaired) electrons. The molecule has 2 aromatic rings. The number of fused-ring (bicyclic) bond motifs is 1. The van der Waals surface area contributed by atoms with Crippen molar-refractivity contribution in [2.45, 2.75) is 13.5 Å². The van der Waals surface area contributed by atoms with Crippen molar-refractivity contribution in [3.63, 3.8) is 0 Å². The van der Waals surface area contributed by atoms with Crippen LogP contribution in [0, 0.1) is 6.92 Å². The number of oxazole rings is 1. The second-order valence-electron chi connectivity index (χ2n) is 6.03. The third-order valence-electron chi connectivity index (χ3n) is 4.31. The Bertz CT molecular complexity index is 750. The van der Waals surface area contributed by atoms with E-state index in [2.05, 4.69) is 16.0 Å². The lowest BCUT2D eigenvalue weighted by Crippen LogP contribution is -2.48. The largest absolute Gasteiger partial charge is 0.454 e. The van der Waals surface area contributed by atoms with Gasteiger partial charge in [-0.3, -0.25) is 9.69 Å². The predicted octanol–water partition coefficient (Wildman–Crippen LogP) is 1.67. The van der Waals surface area contributed by atoms with Crippen molar-refractivity contribution < 1.29 is 18.7 Å². The van der Waals surface area contributed by atoms with Crippen molar-refractivity contribution in [1.82, 2.24) is 14.8 Å². The Morgan fingerprint density at radius 2 is 1.96 bits per heavy atom. The van der Waals surface area contributed by atoms with Gasteiger partial charge in [-0.1, -0.05) is 6.07 Å². The first kappa shape index (κ1) is 15.0. The zero-order valence-corrected chi connectivity index (χ0v) is 13.5. The quantitative estimate of drug-likeness (QED) is 0.853. The fourth-order valence-corrected chi connectivity index (χ4v) is 3.00. The van der Waals surface area contributed by atoms with Crippen molar-refractivity contribution in [3.8, 4) is 11.5 Å². The van der Waals surface area contributed by atoms with Gasteiger partial charge in [0.1, 0.15) is 5.76 Å². The summed E-state index contributed by atoms with van der Waals surface area (Å²) in [5.74, 6) is 2.30. The monoisotopic (exact) mass is 329 g/mol. The summed E-state index contributed by atoms with van der Waals surface area (Å²) in [4.78, 5) is 20.5. The number of carbonyl (C=O) groups excluding carboxylic acids is 1. The fraction of sp³-hybridized carbons (Fsp3) is 0.412. The van der Waals surface area contributed by atoms with Gasteiger partial charge < -0.3 is 18.8 Å². The minimum Gasteiger partial charge on any atom is -0.454 e. The highest BCUT2D eigenvalue weighted by molar-refractivity contribution is 5.89. The fourth-order valence-electron chi connectivity index (χ4n) is 3.00. The number of benzene rings is 1. The maximum atomic E-state index is 12.3. The molecule has 0 saturated carbocycles. The molecule has 7 heteroatoms. The molecule has 0 N–H and O–H groups in total. The molecular formula is C17H19N3O4. The summed E-state index contributed by atoms with van der Waals surface area (Å²) >= 11 is 0. The lowest BCUT2D eigenvalue weighted by Gasteiger charge is -2.34. The zero-order valence-electron chi connectivity index (χ0n) is 13.5. The van der Waals surface area contributed by atoms with E-state index in [1.165, 1.54) is 5.56 Å². The highest BCUT2D eigenvalue weighted by Crippen LogP contribution is 2.32. The van der Waals surface area contributed by atoms with E-state index < -0.39 is 0 Å². The van der Waals surface area contributed by atoms with Crippen LogP contribution in [0.3, 0.4) is 0 Å². The van der Waals surface area contributed by atoms with E-state index in [9.17, 15) is 4.79 Å². The number of carbonyl (C=O) groups is 1. The number of hydrogen-bond acceptors (Lipinski definition) is 6. The van der Waals surface area contributed by atoms with Gasteiger partial charge >= 0.3 is 5.91 Å². The van der Waals surface area contributed by atoms with Gasteiger partial charge in [-0.05, 0) is 24.6 Å². The van der Waals surface area contributed by atoms with E-state index in [4.69, 9.17) is 13.9 Å². The number of amides is 1. The number of aryl methyl sites for hydroxylation is 1. The molecule has 1 aromatic heterocycles. The predicted molar refractivity (Wildman–Crippen MR) is 85.0 cm³/mol. The number of ether oxygens (including phenoxy) is 2. The van der Waals surface area contributed by atoms with Gasteiger partial charge in [-0.15, -0.1) is 0 Å². The van der Waals surface area contributed by atoms with Crippen LogP contribution in [0.25, 0.3) is 0 Å². The topological polar surface area (TPSA) is 68.0 Å². The third kappa shape index (κ3) is 2.94. The maximum Gasteiger partial charge on any atom is 0.309 e. The molecule has 1 amide bonds. The SMILES string of the molecule is Cc1cnc(C(=O)N2CCN(Cc3ccc4c(c3)OCO4)CC2)o1. The molecule has 0 bridgehead atoms. The number of rotatable bonds is 3. The van der Waals surface area contributed by atoms with Crippen LogP contribution in [-0.4, -0.2) is 53.7 Å². The number of nitrogens with zero attached hydrogens (tertiary/aromatic N) is 3. The summed E-state index contributed by atoms with van der Waals surface area (Å²) in [5, 5.41) is 0. The van der Waals surface area contributed by atoms with E-state index in [1.54, 1.807) is 18.0 Å². The van der Waals surface area contributed by atoms with Crippen molar-refractivity contribution in [1.29, 1.82) is 0 Å². The van der Waals surface area contributed by atoms with Gasteiger partial charge in [0.25, 0.3) is 5.89 Å². The van der Waals surface area contributed by atoms with Crippen LogP contribution < -0.4 is 9.47 Å². The normalized spacial score (nSPS) is 17.3. The molecule has 2 aliphatic heterocycles. The lowest BCUT2D eigenvalue weighted by atomic mass is 10.1. The molecule has 3 heterocycles. The van der Waals surface area contributed by atoms with Crippen molar-refractivity contribution in [2.24, 2.45) is 0 Å². The maximum absolute atomic E-state index is 12.3. The van der Waals surface area contributed by atoms with Crippen LogP contribution in [0.4, 0.5) is 0 Å². The molecule has 126 valence electrons. The Morgan fingerprint density at radius 3 is 2.71 bits per heavy atom. The minimum atomic E-state index is -0.133. The van der Waals surface area contributed by atoms with E-state index in [1.807, 2.05) is 12.1 Å². The highest BCUT2D eigenvalue weighted by Gasteiger charge is 2.25. The second-order valence-corrected chi connectivity index (χ2v) is 6.03. The van der Waals surface area contributed by atoms with E-state index in [-0.39, 0.29) is 11.8 Å². The number of hydrogen-bond donors (Lipinski definition) is 0. The standard InChI is InChI=1S/C17H19N3O4/c1-12-9-18-16(24-12)17(21)20-6-4-19(5-7-20)10-13-2-3-14-15(8-13)23-11-22-14/h2-3,8-9H,4-7,10-11H2,1H3. The van der Waals surface area contributed by atoms with Crippen LogP contribution in [0.15, 0.2) is 28.8 Å². The molecular weight excluding hydrogens is 310 g/mol. The molecule has 4 rings (SSSR count). The van der Waals surface area contributed by atoms with Crippen LogP contribution in [0.2, 0.25) is 0 Å². The zero-order chi connectivity index (χ0) is 16.5. The van der Waals surface area contributed by atoms with Crippen LogP contribution in [-0.2, 0) is 6.54 Å². The smallest absolute Gasteiger partial charge is 0.309 e. The number of piperazine rings is 1. The van der Waals surface area contributed by atoms with Gasteiger partial charge in [0.05, 0.1) is 6.20 Å². The summed E-state index contributed by atoms with van der Waals surface area (Å²) in [6.07, 6.45) is 1.57. The average molecular weight is 329 g/mol. The van der Waals surface area contributed by atoms with Crippen molar-refractivity contribution in [3.05, 3.63) is 41.6 Å². The van der Waals surface area contributed by atoms with Gasteiger partial charge in [-0.2, -0.15) is 0 Å². The van der Waals surface area contributed by atoms with Crippen molar-refractivity contribution in [2.75, 3.05) is 33.0 Å². The molecule has 1 aromatic carbocycles. The molecule has 2 aliphatic rings. The van der Waals surface area contributed by atoms with Gasteiger partial charge in [0, 0.05) is 32.7 Å². The van der Waals surface area contributed by atoms with Crippen molar-refractivity contribution >= 4 is 5.91 Å². The van der Waals surface area contributed by atoms with Crippen LogP contribution in [0.1, 0.15) is 22.0 Å². The van der Waals surface area contributed by atoms with Crippen LogP contribution in [0.5, 0.6) is 11.5 Å². The Morgan fingerprint density at radius 1 is 1.17 bits per heavy atom. The Labute approximate surface area is 139 Å². The summed E-state index contributed by atoms with van der Waals surface area (Å²) < 4.78 is 16.1. The first-order valence-corrected chi connectivity index (χ1v) is 8.01. The van der Waals surface area contributed by atoms with E-state index in [0.717, 1.165) is 31.1 Å². The van der Waals surface area contributed by atoms with Gasteiger partial charge in [-0.25, -0.2) is 4.98 Å². The Balaban J connectivity index is 1.34. The number of aromatic nitrogens is 1. The second kappa shape index (κ2) is 6.16. The first-order valence-electron chi connectivity index (χ1n) is 8.01. The van der Waals surface area contributed by atoms with Crippen LogP contribution >= 0.6 is 0 Å². The molecule has 0 unspecified atom stereocenters. The summed E-state index contributed by atoms with van der Waals surface area (Å²) in [5.41, 5.74) is 1.18. The Hall–Kier alpha value is -2.54. The van der Waals surface area contributed by atoms with E-state index in [0.29, 0.717) is 25.6 Å². The molecule has 1 saturated heterocycles. The van der Waals surface area contributed by atoms with Gasteiger partial charge in [0.2, 0.25) is 6.79 Å². The van der Waals surface area contributed by atoms with Gasteiger partial charge in [0.15, 0.2) is 11.5 Å². The average Bonchev–Trinajstić information content (AvgIpc) is 3.23. The molecule has 24 heavy (non-hydrogen) atoms. The highest BCUT2D eigenvalue weighted by atomic mass is 16.7. The summed E-state index contributed by atoms with van der Waals surface area (Å²) in [6, 6.07) is 6.03. The first-order chi connectivity index (χ1) is 11.7. The molecule has 1 fully saturated rings. The molecule has 0 spiro atoms. The molecule has 0 atom stereocenters. The van der Waals surface area contributed by atoms with E-state index >= 15 is 0 Å². The third-order valence-corrected chi connectivity index (χ3v) is 4.31. The molecule has 0 aliphatic carbocycles. The minimum absolute atomic E-state index is 0.133. The summed E-state index contributed by atoms with van der Waals surface area (Å²) in [6.45, 7) is 5.89. The lowest BCUT2D eigenvalue weighted by molar-refractivity contribution is 0.0588. The molecule has 7 nitrogen and oxygen atoms in total. The summed E-state index contributed by atoms with van der Waals surface area (Å²) in [7, 11) is 0.